The lowest BCUT2D eigenvalue weighted by Gasteiger charge is -2.45. The van der Waals surface area contributed by atoms with Crippen molar-refractivity contribution in [3.05, 3.63) is 0 Å². The van der Waals surface area contributed by atoms with Crippen molar-refractivity contribution in [2.24, 2.45) is 11.7 Å². The average molecular weight is 228 g/mol. The molecule has 1 saturated carbocycles. The molecule has 1 aliphatic rings. The molecule has 0 aromatic carbocycles. The third-order valence-electron chi connectivity index (χ3n) is 4.30. The zero-order chi connectivity index (χ0) is 12.0. The molecular formula is C13H28N2O. The van der Waals surface area contributed by atoms with E-state index in [1.165, 1.54) is 25.7 Å². The molecule has 0 radical (unpaired) electrons. The molecule has 96 valence electrons. The molecule has 0 aromatic rings. The van der Waals surface area contributed by atoms with Gasteiger partial charge in [-0.1, -0.05) is 6.92 Å². The maximum absolute atomic E-state index is 8.80. The number of nitrogens with two attached hydrogens (primary N) is 1. The van der Waals surface area contributed by atoms with Crippen LogP contribution in [0.3, 0.4) is 0 Å². The first kappa shape index (κ1) is 13.9. The summed E-state index contributed by atoms with van der Waals surface area (Å²) in [4.78, 5) is 2.44. The van der Waals surface area contributed by atoms with Gasteiger partial charge < -0.3 is 10.8 Å². The van der Waals surface area contributed by atoms with E-state index in [0.29, 0.717) is 6.61 Å². The topological polar surface area (TPSA) is 49.5 Å². The largest absolute Gasteiger partial charge is 0.396 e. The van der Waals surface area contributed by atoms with Crippen molar-refractivity contribution >= 4 is 0 Å². The van der Waals surface area contributed by atoms with Crippen LogP contribution in [0.4, 0.5) is 0 Å². The van der Waals surface area contributed by atoms with Crippen molar-refractivity contribution in [3.63, 3.8) is 0 Å². The summed E-state index contributed by atoms with van der Waals surface area (Å²) in [6.07, 6.45) is 7.06. The molecule has 0 atom stereocenters. The molecule has 0 saturated heterocycles. The van der Waals surface area contributed by atoms with E-state index in [2.05, 4.69) is 18.9 Å². The SMILES string of the molecule is CC1CCC(CN)(N(C)CCCCO)CC1. The summed E-state index contributed by atoms with van der Waals surface area (Å²) >= 11 is 0. The smallest absolute Gasteiger partial charge is 0.0431 e. The standard InChI is InChI=1S/C13H28N2O/c1-12-5-7-13(11-14,8-6-12)15(2)9-3-4-10-16/h12,16H,3-11,14H2,1-2H3. The quantitative estimate of drug-likeness (QED) is 0.679. The predicted molar refractivity (Wildman–Crippen MR) is 68.4 cm³/mol. The van der Waals surface area contributed by atoms with Crippen molar-refractivity contribution in [1.29, 1.82) is 0 Å². The fourth-order valence-corrected chi connectivity index (χ4v) is 2.74. The average Bonchev–Trinajstić information content (AvgIpc) is 2.31. The highest BCUT2D eigenvalue weighted by Gasteiger charge is 2.35. The van der Waals surface area contributed by atoms with E-state index in [4.69, 9.17) is 10.8 Å². The monoisotopic (exact) mass is 228 g/mol. The number of hydrogen-bond acceptors (Lipinski definition) is 3. The van der Waals surface area contributed by atoms with Gasteiger partial charge >= 0.3 is 0 Å². The number of unbranched alkanes of at least 4 members (excludes halogenated alkanes) is 1. The van der Waals surface area contributed by atoms with E-state index in [1.54, 1.807) is 0 Å². The van der Waals surface area contributed by atoms with E-state index >= 15 is 0 Å². The zero-order valence-electron chi connectivity index (χ0n) is 10.9. The minimum atomic E-state index is 0.238. The van der Waals surface area contributed by atoms with Gasteiger partial charge in [-0.25, -0.2) is 0 Å². The van der Waals surface area contributed by atoms with Crippen LogP contribution in [0.15, 0.2) is 0 Å². The second-order valence-electron chi connectivity index (χ2n) is 5.46. The summed E-state index contributed by atoms with van der Waals surface area (Å²) in [6.45, 7) is 4.48. The van der Waals surface area contributed by atoms with Gasteiger partial charge in [-0.05, 0) is 58.0 Å². The Morgan fingerprint density at radius 1 is 1.31 bits per heavy atom. The van der Waals surface area contributed by atoms with E-state index in [1.807, 2.05) is 0 Å². The molecule has 1 rings (SSSR count). The number of nitrogens with zero attached hydrogens (tertiary/aromatic N) is 1. The fourth-order valence-electron chi connectivity index (χ4n) is 2.74. The Bertz CT molecular complexity index is 188. The molecule has 0 spiro atoms. The van der Waals surface area contributed by atoms with Crippen LogP contribution in [-0.2, 0) is 0 Å². The van der Waals surface area contributed by atoms with Crippen molar-refractivity contribution in [1.82, 2.24) is 4.90 Å². The van der Waals surface area contributed by atoms with Crippen LogP contribution < -0.4 is 5.73 Å². The van der Waals surface area contributed by atoms with Crippen molar-refractivity contribution in [2.75, 3.05) is 26.7 Å². The maximum atomic E-state index is 8.80. The highest BCUT2D eigenvalue weighted by Crippen LogP contribution is 2.35. The molecule has 1 fully saturated rings. The van der Waals surface area contributed by atoms with Gasteiger partial charge in [0.25, 0.3) is 0 Å². The van der Waals surface area contributed by atoms with E-state index in [9.17, 15) is 0 Å². The van der Waals surface area contributed by atoms with Gasteiger partial charge in [0.15, 0.2) is 0 Å². The van der Waals surface area contributed by atoms with Gasteiger partial charge in [0.05, 0.1) is 0 Å². The van der Waals surface area contributed by atoms with Crippen molar-refractivity contribution in [2.45, 2.75) is 51.0 Å². The molecule has 0 unspecified atom stereocenters. The Labute approximate surface area is 100 Å². The Hall–Kier alpha value is -0.120. The Kier molecular flexibility index (Phi) is 5.73. The first-order chi connectivity index (χ1) is 7.64. The number of hydrogen-bond donors (Lipinski definition) is 2. The molecule has 0 amide bonds. The van der Waals surface area contributed by atoms with Crippen LogP contribution in [0.1, 0.15) is 45.4 Å². The molecule has 16 heavy (non-hydrogen) atoms. The van der Waals surface area contributed by atoms with E-state index in [0.717, 1.165) is 31.8 Å². The Morgan fingerprint density at radius 2 is 1.94 bits per heavy atom. The first-order valence-electron chi connectivity index (χ1n) is 6.67. The lowest BCUT2D eigenvalue weighted by molar-refractivity contribution is 0.0653. The summed E-state index contributed by atoms with van der Waals surface area (Å²) in [7, 11) is 2.19. The minimum absolute atomic E-state index is 0.238. The van der Waals surface area contributed by atoms with Crippen LogP contribution in [0.2, 0.25) is 0 Å². The van der Waals surface area contributed by atoms with Crippen LogP contribution >= 0.6 is 0 Å². The van der Waals surface area contributed by atoms with Gasteiger partial charge in [-0.2, -0.15) is 0 Å². The summed E-state index contributed by atoms with van der Waals surface area (Å²) in [5.74, 6) is 0.866. The molecule has 0 bridgehead atoms. The highest BCUT2D eigenvalue weighted by atomic mass is 16.2. The minimum Gasteiger partial charge on any atom is -0.396 e. The zero-order valence-corrected chi connectivity index (χ0v) is 10.9. The molecule has 0 aromatic heterocycles. The molecular weight excluding hydrogens is 200 g/mol. The second kappa shape index (κ2) is 6.58. The van der Waals surface area contributed by atoms with Gasteiger partial charge in [0.1, 0.15) is 0 Å². The number of aliphatic hydroxyl groups is 1. The van der Waals surface area contributed by atoms with Gasteiger partial charge in [0.2, 0.25) is 0 Å². The van der Waals surface area contributed by atoms with Crippen molar-refractivity contribution in [3.8, 4) is 0 Å². The summed E-state index contributed by atoms with van der Waals surface area (Å²) in [6, 6.07) is 0. The fraction of sp³-hybridized carbons (Fsp3) is 1.00. The molecule has 3 heteroatoms. The lowest BCUT2D eigenvalue weighted by Crippen LogP contribution is -2.54. The lowest BCUT2D eigenvalue weighted by atomic mass is 9.76. The normalized spacial score (nSPS) is 30.9. The summed E-state index contributed by atoms with van der Waals surface area (Å²) < 4.78 is 0. The van der Waals surface area contributed by atoms with E-state index in [-0.39, 0.29) is 5.54 Å². The maximum Gasteiger partial charge on any atom is 0.0431 e. The van der Waals surface area contributed by atoms with E-state index < -0.39 is 0 Å². The number of rotatable bonds is 6. The van der Waals surface area contributed by atoms with Crippen LogP contribution in [-0.4, -0.2) is 42.3 Å². The Morgan fingerprint density at radius 3 is 2.44 bits per heavy atom. The third-order valence-corrected chi connectivity index (χ3v) is 4.30. The number of aliphatic hydroxyl groups excluding tert-OH is 1. The van der Waals surface area contributed by atoms with Gasteiger partial charge in [0, 0.05) is 18.7 Å². The first-order valence-corrected chi connectivity index (χ1v) is 6.67. The predicted octanol–water partition coefficient (Wildman–Crippen LogP) is 1.60. The Balaban J connectivity index is 2.44. The molecule has 0 heterocycles. The number of likely N-dealkylation sites (N-methyl/N-ethyl adjacent to an activating group) is 1. The third kappa shape index (κ3) is 3.44. The van der Waals surface area contributed by atoms with Crippen LogP contribution in [0.5, 0.6) is 0 Å². The van der Waals surface area contributed by atoms with Gasteiger partial charge in [-0.3, -0.25) is 4.90 Å². The van der Waals surface area contributed by atoms with Gasteiger partial charge in [-0.15, -0.1) is 0 Å². The van der Waals surface area contributed by atoms with Crippen LogP contribution in [0.25, 0.3) is 0 Å². The summed E-state index contributed by atoms with van der Waals surface area (Å²) in [5.41, 5.74) is 6.24. The molecule has 1 aliphatic carbocycles. The van der Waals surface area contributed by atoms with Crippen molar-refractivity contribution < 1.29 is 5.11 Å². The highest BCUT2D eigenvalue weighted by molar-refractivity contribution is 4.94. The molecule has 3 nitrogen and oxygen atoms in total. The molecule has 0 aliphatic heterocycles. The summed E-state index contributed by atoms with van der Waals surface area (Å²) in [5, 5.41) is 8.80. The van der Waals surface area contributed by atoms with Crippen LogP contribution in [0, 0.1) is 5.92 Å². The molecule has 3 N–H and O–H groups in total. The second-order valence-corrected chi connectivity index (χ2v) is 5.46.